The summed E-state index contributed by atoms with van der Waals surface area (Å²) in [6.45, 7) is 9.39. The monoisotopic (exact) mass is 440 g/mol. The summed E-state index contributed by atoms with van der Waals surface area (Å²) >= 11 is 0.756. The Morgan fingerprint density at radius 1 is 1.23 bits per heavy atom. The Hall–Kier alpha value is -1.93. The van der Waals surface area contributed by atoms with Gasteiger partial charge in [0.1, 0.15) is 22.3 Å². The first-order valence-electron chi connectivity index (χ1n) is 10.2. The van der Waals surface area contributed by atoms with E-state index in [1.165, 1.54) is 24.3 Å². The van der Waals surface area contributed by atoms with Crippen LogP contribution in [-0.4, -0.2) is 43.1 Å². The van der Waals surface area contributed by atoms with E-state index in [1.807, 2.05) is 27.9 Å². The number of hydrogen-bond donors (Lipinski definition) is 1. The fourth-order valence-electron chi connectivity index (χ4n) is 3.49. The van der Waals surface area contributed by atoms with Crippen molar-refractivity contribution in [2.24, 2.45) is 5.92 Å². The van der Waals surface area contributed by atoms with Gasteiger partial charge in [-0.1, -0.05) is 19.9 Å². The summed E-state index contributed by atoms with van der Waals surface area (Å²) in [4.78, 5) is 7.72. The minimum Gasteiger partial charge on any atom is -0.371 e. The second kappa shape index (κ2) is 10.9. The van der Waals surface area contributed by atoms with Gasteiger partial charge in [0.2, 0.25) is 5.95 Å². The van der Waals surface area contributed by atoms with Crippen molar-refractivity contribution in [2.75, 3.05) is 36.8 Å². The molecule has 0 saturated carbocycles. The number of anilines is 2. The van der Waals surface area contributed by atoms with Crippen molar-refractivity contribution >= 4 is 23.5 Å². The molecule has 1 aliphatic heterocycles. The van der Waals surface area contributed by atoms with Gasteiger partial charge >= 0.3 is 0 Å². The molecular formula is C22H31F3N4S. The standard InChI is InChI=1S/C20H25F3N4S.C2H6/c1-12-16(27-9-8-14(11-27)13(2)26(3)4)10-15(21)20(19(12)23)28-25-18-7-5-6-17(22)24-18;1-2/h5-7,10,13-14H,8-9,11H2,1-4H3,(H,24,25);1-2H3/t13-,14?;/m1./s1. The molecule has 1 aromatic heterocycles. The molecule has 2 atom stereocenters. The lowest BCUT2D eigenvalue weighted by Crippen LogP contribution is -2.34. The van der Waals surface area contributed by atoms with E-state index in [4.69, 9.17) is 0 Å². The van der Waals surface area contributed by atoms with Gasteiger partial charge in [-0.2, -0.15) is 4.39 Å². The molecule has 0 aliphatic carbocycles. The van der Waals surface area contributed by atoms with Gasteiger partial charge in [0.15, 0.2) is 0 Å². The van der Waals surface area contributed by atoms with Crippen LogP contribution in [0.4, 0.5) is 24.7 Å². The molecule has 0 spiro atoms. The van der Waals surface area contributed by atoms with Crippen molar-refractivity contribution in [3.05, 3.63) is 47.4 Å². The lowest BCUT2D eigenvalue weighted by Gasteiger charge is -2.27. The molecule has 0 amide bonds. The Morgan fingerprint density at radius 3 is 2.57 bits per heavy atom. The van der Waals surface area contributed by atoms with E-state index in [0.29, 0.717) is 23.2 Å². The Kier molecular flexibility index (Phi) is 8.85. The minimum absolute atomic E-state index is 0.148. The summed E-state index contributed by atoms with van der Waals surface area (Å²) in [5.41, 5.74) is 1.01. The molecule has 1 fully saturated rings. The zero-order chi connectivity index (χ0) is 22.4. The van der Waals surface area contributed by atoms with E-state index in [0.717, 1.165) is 31.5 Å². The third-order valence-corrected chi connectivity index (χ3v) is 6.32. The van der Waals surface area contributed by atoms with Gasteiger partial charge in [0.25, 0.3) is 0 Å². The molecule has 8 heteroatoms. The van der Waals surface area contributed by atoms with Crippen LogP contribution in [0.1, 0.15) is 32.8 Å². The van der Waals surface area contributed by atoms with Crippen LogP contribution in [0.5, 0.6) is 0 Å². The summed E-state index contributed by atoms with van der Waals surface area (Å²) < 4.78 is 45.5. The van der Waals surface area contributed by atoms with Crippen LogP contribution in [0.25, 0.3) is 0 Å². The number of hydrogen-bond acceptors (Lipinski definition) is 5. The molecule has 166 valence electrons. The first kappa shape index (κ1) is 24.3. The number of aromatic nitrogens is 1. The van der Waals surface area contributed by atoms with Gasteiger partial charge in [0.05, 0.1) is 0 Å². The maximum atomic E-state index is 14.9. The van der Waals surface area contributed by atoms with Crippen molar-refractivity contribution in [3.8, 4) is 0 Å². The van der Waals surface area contributed by atoms with Crippen LogP contribution in [0, 0.1) is 30.4 Å². The smallest absolute Gasteiger partial charge is 0.214 e. The molecule has 1 aliphatic rings. The molecule has 30 heavy (non-hydrogen) atoms. The molecule has 4 nitrogen and oxygen atoms in total. The molecule has 3 rings (SSSR count). The fourth-order valence-corrected chi connectivity index (χ4v) is 4.21. The largest absolute Gasteiger partial charge is 0.371 e. The summed E-state index contributed by atoms with van der Waals surface area (Å²) in [7, 11) is 4.09. The van der Waals surface area contributed by atoms with Crippen molar-refractivity contribution in [2.45, 2.75) is 45.1 Å². The van der Waals surface area contributed by atoms with E-state index in [-0.39, 0.29) is 10.7 Å². The molecule has 1 aromatic carbocycles. The molecule has 0 radical (unpaired) electrons. The van der Waals surface area contributed by atoms with E-state index < -0.39 is 17.6 Å². The number of rotatable bonds is 6. The highest BCUT2D eigenvalue weighted by atomic mass is 32.2. The molecule has 0 bridgehead atoms. The Labute approximate surface area is 182 Å². The predicted molar refractivity (Wildman–Crippen MR) is 120 cm³/mol. The first-order valence-corrected chi connectivity index (χ1v) is 11.0. The van der Waals surface area contributed by atoms with Crippen molar-refractivity contribution in [1.82, 2.24) is 9.88 Å². The average Bonchev–Trinajstić information content (AvgIpc) is 3.21. The molecule has 1 unspecified atom stereocenters. The topological polar surface area (TPSA) is 31.4 Å². The van der Waals surface area contributed by atoms with Gasteiger partial charge in [-0.15, -0.1) is 0 Å². The zero-order valence-electron chi connectivity index (χ0n) is 18.5. The average molecular weight is 441 g/mol. The maximum Gasteiger partial charge on any atom is 0.214 e. The highest BCUT2D eigenvalue weighted by Crippen LogP contribution is 2.36. The van der Waals surface area contributed by atoms with Crippen molar-refractivity contribution in [3.63, 3.8) is 0 Å². The van der Waals surface area contributed by atoms with E-state index in [9.17, 15) is 13.2 Å². The van der Waals surface area contributed by atoms with Gasteiger partial charge < -0.3 is 14.5 Å². The second-order valence-electron chi connectivity index (χ2n) is 7.39. The van der Waals surface area contributed by atoms with Crippen LogP contribution in [0.15, 0.2) is 29.2 Å². The van der Waals surface area contributed by atoms with Gasteiger partial charge in [-0.25, -0.2) is 13.8 Å². The van der Waals surface area contributed by atoms with Gasteiger partial charge in [-0.05, 0) is 70.4 Å². The number of benzene rings is 1. The van der Waals surface area contributed by atoms with Crippen LogP contribution >= 0.6 is 11.9 Å². The number of nitrogens with zero attached hydrogens (tertiary/aromatic N) is 3. The Morgan fingerprint density at radius 2 is 1.93 bits per heavy atom. The first-order chi connectivity index (χ1) is 14.3. The van der Waals surface area contributed by atoms with E-state index in [2.05, 4.69) is 26.4 Å². The molecule has 2 heterocycles. The minimum atomic E-state index is -0.659. The molecule has 1 N–H and O–H groups in total. The molecule has 1 saturated heterocycles. The van der Waals surface area contributed by atoms with Gasteiger partial charge in [-0.3, -0.25) is 0 Å². The normalized spacial score (nSPS) is 17.0. The SMILES string of the molecule is CC.Cc1c(N2CCC([C@@H](C)N(C)C)C2)cc(F)c(SNc2cccc(F)n2)c1F. The van der Waals surface area contributed by atoms with E-state index in [1.54, 1.807) is 6.92 Å². The quantitative estimate of drug-likeness (QED) is 0.458. The highest BCUT2D eigenvalue weighted by molar-refractivity contribution is 8.00. The van der Waals surface area contributed by atoms with E-state index >= 15 is 0 Å². The molecule has 2 aromatic rings. The summed E-state index contributed by atoms with van der Waals surface area (Å²) in [5.74, 6) is -1.25. The van der Waals surface area contributed by atoms with Crippen LogP contribution in [0.2, 0.25) is 0 Å². The highest BCUT2D eigenvalue weighted by Gasteiger charge is 2.30. The van der Waals surface area contributed by atoms with Crippen molar-refractivity contribution in [1.29, 1.82) is 0 Å². The predicted octanol–water partition coefficient (Wildman–Crippen LogP) is 5.73. The number of nitrogens with one attached hydrogen (secondary N) is 1. The Balaban J connectivity index is 0.00000155. The van der Waals surface area contributed by atoms with Crippen LogP contribution in [-0.2, 0) is 0 Å². The lowest BCUT2D eigenvalue weighted by atomic mass is 10.00. The summed E-state index contributed by atoms with van der Waals surface area (Å²) in [6.07, 6.45) is 0.991. The third kappa shape index (κ3) is 5.60. The molecular weight excluding hydrogens is 409 g/mol. The summed E-state index contributed by atoms with van der Waals surface area (Å²) in [6, 6.07) is 6.01. The Bertz CT molecular complexity index is 847. The van der Waals surface area contributed by atoms with Crippen molar-refractivity contribution < 1.29 is 13.2 Å². The number of halogens is 3. The van der Waals surface area contributed by atoms with Crippen LogP contribution in [0.3, 0.4) is 0 Å². The van der Waals surface area contributed by atoms with Gasteiger partial charge in [0, 0.05) is 30.4 Å². The summed E-state index contributed by atoms with van der Waals surface area (Å²) in [5, 5.41) is 0. The maximum absolute atomic E-state index is 14.9. The fraction of sp³-hybridized carbons (Fsp3) is 0.500. The lowest BCUT2D eigenvalue weighted by molar-refractivity contribution is 0.240. The number of pyridine rings is 1. The third-order valence-electron chi connectivity index (χ3n) is 5.43. The zero-order valence-corrected chi connectivity index (χ0v) is 19.3. The van der Waals surface area contributed by atoms with Crippen LogP contribution < -0.4 is 9.62 Å². The second-order valence-corrected chi connectivity index (χ2v) is 8.21.